The number of ether oxygens (including phenoxy) is 2. The second kappa shape index (κ2) is 7.95. The van der Waals surface area contributed by atoms with Crippen molar-refractivity contribution in [2.75, 3.05) is 24.8 Å². The molecule has 1 aliphatic rings. The van der Waals surface area contributed by atoms with Crippen molar-refractivity contribution in [3.8, 4) is 17.4 Å². The highest BCUT2D eigenvalue weighted by Crippen LogP contribution is 2.46. The van der Waals surface area contributed by atoms with Gasteiger partial charge in [-0.1, -0.05) is 24.8 Å². The fraction of sp³-hybridized carbons (Fsp3) is 0.273. The fourth-order valence-corrected chi connectivity index (χ4v) is 3.67. The van der Waals surface area contributed by atoms with Crippen molar-refractivity contribution in [2.45, 2.75) is 25.8 Å². The number of esters is 1. The lowest BCUT2D eigenvalue weighted by atomic mass is 9.83. The van der Waals surface area contributed by atoms with Crippen molar-refractivity contribution in [3.05, 3.63) is 59.6 Å². The molecule has 0 aliphatic carbocycles. The summed E-state index contributed by atoms with van der Waals surface area (Å²) in [6, 6.07) is 8.06. The van der Waals surface area contributed by atoms with Crippen LogP contribution >= 0.6 is 0 Å². The molecule has 1 unspecified atom stereocenters. The second-order valence-electron chi connectivity index (χ2n) is 7.43. The van der Waals surface area contributed by atoms with E-state index in [0.717, 1.165) is 0 Å². The van der Waals surface area contributed by atoms with Crippen molar-refractivity contribution in [1.29, 1.82) is 0 Å². The van der Waals surface area contributed by atoms with E-state index in [4.69, 9.17) is 15.2 Å². The number of nitrogens with one attached hydrogen (secondary N) is 1. The van der Waals surface area contributed by atoms with Gasteiger partial charge in [0.25, 0.3) is 0 Å². The molecule has 1 aromatic carbocycles. The van der Waals surface area contributed by atoms with Crippen LogP contribution in [0.5, 0.6) is 5.88 Å². The van der Waals surface area contributed by atoms with Crippen LogP contribution in [0.1, 0.15) is 25.0 Å². The number of carbonyl (C=O) groups excluding carboxylic acids is 1. The molecule has 3 N–H and O–H groups in total. The third-order valence-corrected chi connectivity index (χ3v) is 5.45. The summed E-state index contributed by atoms with van der Waals surface area (Å²) in [5.74, 6) is 0.255. The van der Waals surface area contributed by atoms with Gasteiger partial charge in [-0.05, 0) is 19.9 Å². The van der Waals surface area contributed by atoms with E-state index in [1.165, 1.54) is 17.9 Å². The molecule has 0 saturated heterocycles. The monoisotopic (exact) mass is 438 g/mol. The van der Waals surface area contributed by atoms with Crippen molar-refractivity contribution in [3.63, 3.8) is 0 Å². The minimum Gasteiger partial charge on any atom is -0.481 e. The minimum atomic E-state index is -1.21. The van der Waals surface area contributed by atoms with Gasteiger partial charge in [-0.25, -0.2) is 19.0 Å². The number of anilines is 2. The summed E-state index contributed by atoms with van der Waals surface area (Å²) in [4.78, 5) is 21.5. The molecule has 3 aromatic rings. The van der Waals surface area contributed by atoms with Crippen molar-refractivity contribution in [2.24, 2.45) is 0 Å². The summed E-state index contributed by atoms with van der Waals surface area (Å²) in [5.41, 5.74) is 6.67. The lowest BCUT2D eigenvalue weighted by molar-refractivity contribution is -0.147. The van der Waals surface area contributed by atoms with Crippen LogP contribution in [-0.2, 0) is 21.5 Å². The summed E-state index contributed by atoms with van der Waals surface area (Å²) >= 11 is 0. The van der Waals surface area contributed by atoms with Gasteiger partial charge in [0.15, 0.2) is 5.82 Å². The maximum atomic E-state index is 14.1. The highest BCUT2D eigenvalue weighted by Gasteiger charge is 2.49. The molecule has 0 bridgehead atoms. The molecule has 0 amide bonds. The van der Waals surface area contributed by atoms with Crippen LogP contribution in [0.2, 0.25) is 0 Å². The maximum absolute atomic E-state index is 14.1. The number of nitrogen functional groups attached to an aromatic ring is 1. The number of fused-ring (bicyclic) bond motifs is 1. The number of halogens is 1. The highest BCUT2D eigenvalue weighted by molar-refractivity contribution is 5.95. The van der Waals surface area contributed by atoms with E-state index in [-0.39, 0.29) is 30.6 Å². The average molecular weight is 438 g/mol. The van der Waals surface area contributed by atoms with Crippen LogP contribution in [0.25, 0.3) is 11.5 Å². The summed E-state index contributed by atoms with van der Waals surface area (Å²) in [5, 5.41) is 7.50. The summed E-state index contributed by atoms with van der Waals surface area (Å²) in [6.07, 6.45) is 0. The standard InChI is InChI=1S/C22H23FN6O3/c1-5-32-21(30)22(3)12(2)25-20-17(22)18(24)26-19(27-20)15-10-16(31-4)29(28-15)11-13-8-6-7-9-14(13)23/h6-10H,2,5,11H2,1,3-4H3,(H3,24,25,26,27). The van der Waals surface area contributed by atoms with E-state index in [0.29, 0.717) is 34.2 Å². The smallest absolute Gasteiger partial charge is 0.322 e. The maximum Gasteiger partial charge on any atom is 0.322 e. The Morgan fingerprint density at radius 2 is 2.09 bits per heavy atom. The second-order valence-corrected chi connectivity index (χ2v) is 7.43. The molecule has 166 valence electrons. The number of rotatable bonds is 6. The van der Waals surface area contributed by atoms with Gasteiger partial charge < -0.3 is 20.5 Å². The Bertz CT molecular complexity index is 1220. The molecule has 3 heterocycles. The molecule has 10 heteroatoms. The van der Waals surface area contributed by atoms with Crippen molar-refractivity contribution in [1.82, 2.24) is 19.7 Å². The summed E-state index contributed by atoms with van der Waals surface area (Å²) < 4.78 is 26.2. The van der Waals surface area contributed by atoms with Crippen LogP contribution in [0.3, 0.4) is 0 Å². The number of hydrogen-bond donors (Lipinski definition) is 2. The van der Waals surface area contributed by atoms with Gasteiger partial charge >= 0.3 is 5.97 Å². The van der Waals surface area contributed by atoms with Gasteiger partial charge in [0.2, 0.25) is 5.88 Å². The lowest BCUT2D eigenvalue weighted by Crippen LogP contribution is -2.35. The number of hydrogen-bond acceptors (Lipinski definition) is 8. The van der Waals surface area contributed by atoms with E-state index < -0.39 is 11.4 Å². The molecule has 0 fully saturated rings. The first kappa shape index (κ1) is 21.3. The Morgan fingerprint density at radius 3 is 2.78 bits per heavy atom. The predicted molar refractivity (Wildman–Crippen MR) is 116 cm³/mol. The molecule has 1 atom stereocenters. The van der Waals surface area contributed by atoms with E-state index in [1.807, 2.05) is 0 Å². The first-order chi connectivity index (χ1) is 15.3. The van der Waals surface area contributed by atoms with Gasteiger partial charge in [0, 0.05) is 17.3 Å². The third kappa shape index (κ3) is 3.33. The topological polar surface area (TPSA) is 117 Å². The molecule has 32 heavy (non-hydrogen) atoms. The average Bonchev–Trinajstić information content (AvgIpc) is 3.29. The molecule has 1 aliphatic heterocycles. The SMILES string of the molecule is C=C1Nc2nc(-c3cc(OC)n(Cc4ccccc4F)n3)nc(N)c2C1(C)C(=O)OCC. The van der Waals surface area contributed by atoms with Gasteiger partial charge in [-0.15, -0.1) is 0 Å². The van der Waals surface area contributed by atoms with Gasteiger partial charge in [0.05, 0.1) is 25.8 Å². The number of methoxy groups -OCH3 is 1. The van der Waals surface area contributed by atoms with E-state index >= 15 is 0 Å². The normalized spacial score (nSPS) is 17.1. The van der Waals surface area contributed by atoms with Gasteiger partial charge in [-0.3, -0.25) is 4.79 Å². The Morgan fingerprint density at radius 1 is 1.34 bits per heavy atom. The zero-order chi connectivity index (χ0) is 23.0. The number of carbonyl (C=O) groups is 1. The van der Waals surface area contributed by atoms with Crippen molar-refractivity contribution >= 4 is 17.6 Å². The van der Waals surface area contributed by atoms with E-state index in [9.17, 15) is 9.18 Å². The zero-order valence-corrected chi connectivity index (χ0v) is 18.0. The van der Waals surface area contributed by atoms with Crippen LogP contribution in [0.4, 0.5) is 16.0 Å². The molecule has 0 radical (unpaired) electrons. The van der Waals surface area contributed by atoms with E-state index in [1.54, 1.807) is 38.1 Å². The van der Waals surface area contributed by atoms with Crippen LogP contribution in [-0.4, -0.2) is 39.4 Å². The molecular formula is C22H23FN6O3. The van der Waals surface area contributed by atoms with Crippen molar-refractivity contribution < 1.29 is 18.7 Å². The Labute approximate surface area is 184 Å². The molecule has 0 saturated carbocycles. The minimum absolute atomic E-state index is 0.106. The Balaban J connectivity index is 1.74. The lowest BCUT2D eigenvalue weighted by Gasteiger charge is -2.23. The quantitative estimate of drug-likeness (QED) is 0.564. The zero-order valence-electron chi connectivity index (χ0n) is 18.0. The molecule has 2 aromatic heterocycles. The first-order valence-electron chi connectivity index (χ1n) is 9.96. The van der Waals surface area contributed by atoms with Crippen LogP contribution in [0.15, 0.2) is 42.6 Å². The van der Waals surface area contributed by atoms with E-state index in [2.05, 4.69) is 27.0 Å². The Kier molecular flexibility index (Phi) is 5.29. The number of nitrogens with zero attached hydrogens (tertiary/aromatic N) is 4. The molecular weight excluding hydrogens is 415 g/mol. The fourth-order valence-electron chi connectivity index (χ4n) is 3.67. The molecule has 0 spiro atoms. The van der Waals surface area contributed by atoms with Gasteiger partial charge in [0.1, 0.15) is 28.6 Å². The van der Waals surface area contributed by atoms with Crippen LogP contribution in [0, 0.1) is 5.82 Å². The molecule has 9 nitrogen and oxygen atoms in total. The number of aromatic nitrogens is 4. The predicted octanol–water partition coefficient (Wildman–Crippen LogP) is 2.88. The molecule has 4 rings (SSSR count). The summed E-state index contributed by atoms with van der Waals surface area (Å²) in [6.45, 7) is 7.71. The number of nitrogens with two attached hydrogens (primary N) is 1. The third-order valence-electron chi connectivity index (χ3n) is 5.45. The summed E-state index contributed by atoms with van der Waals surface area (Å²) in [7, 11) is 1.49. The number of benzene rings is 1. The largest absolute Gasteiger partial charge is 0.481 e. The van der Waals surface area contributed by atoms with Crippen LogP contribution < -0.4 is 15.8 Å². The first-order valence-corrected chi connectivity index (χ1v) is 9.96. The Hall–Kier alpha value is -3.95. The highest BCUT2D eigenvalue weighted by atomic mass is 19.1. The van der Waals surface area contributed by atoms with Gasteiger partial charge in [-0.2, -0.15) is 5.10 Å².